The molecule has 0 bridgehead atoms. The fourth-order valence-corrected chi connectivity index (χ4v) is 4.35. The molecule has 138 valence electrons. The third kappa shape index (κ3) is 4.17. The molecular formula is C18H19ClN2O3S2. The maximum absolute atomic E-state index is 11.6. The van der Waals surface area contributed by atoms with Gasteiger partial charge in [-0.05, 0) is 43.8 Å². The van der Waals surface area contributed by atoms with E-state index in [1.54, 1.807) is 18.3 Å². The molecule has 0 saturated carbocycles. The maximum Gasteiger partial charge on any atom is 0.181 e. The van der Waals surface area contributed by atoms with Gasteiger partial charge in [0.1, 0.15) is 0 Å². The van der Waals surface area contributed by atoms with Gasteiger partial charge >= 0.3 is 0 Å². The molecular weight excluding hydrogens is 392 g/mol. The first-order chi connectivity index (χ1) is 12.3. The highest BCUT2D eigenvalue weighted by atomic mass is 35.5. The fourth-order valence-electron chi connectivity index (χ4n) is 2.67. The number of rotatable bonds is 6. The highest BCUT2D eigenvalue weighted by Crippen LogP contribution is 2.34. The maximum atomic E-state index is 11.6. The van der Waals surface area contributed by atoms with Crippen LogP contribution in [0.3, 0.4) is 0 Å². The molecule has 5 nitrogen and oxygen atoms in total. The zero-order valence-corrected chi connectivity index (χ0v) is 17.0. The molecule has 0 amide bonds. The topological polar surface area (TPSA) is 63.4 Å². The Morgan fingerprint density at radius 2 is 1.92 bits per heavy atom. The van der Waals surface area contributed by atoms with E-state index >= 15 is 0 Å². The molecule has 0 unspecified atom stereocenters. The van der Waals surface area contributed by atoms with Crippen LogP contribution in [0, 0.1) is 0 Å². The average molecular weight is 411 g/mol. The molecule has 0 saturated heterocycles. The summed E-state index contributed by atoms with van der Waals surface area (Å²) in [4.78, 5) is 3.42. The van der Waals surface area contributed by atoms with E-state index in [4.69, 9.17) is 16.1 Å². The molecule has 8 heteroatoms. The molecule has 3 aromatic rings. The molecule has 1 atom stereocenters. The molecule has 3 rings (SSSR count). The normalized spacial score (nSPS) is 13.3. The fraction of sp³-hybridized carbons (Fsp3) is 0.278. The Kier molecular flexibility index (Phi) is 5.53. The second-order valence-electron chi connectivity index (χ2n) is 6.22. The Hall–Kier alpha value is -1.67. The summed E-state index contributed by atoms with van der Waals surface area (Å²) in [6, 6.07) is 10.9. The summed E-state index contributed by atoms with van der Waals surface area (Å²) >= 11 is 7.47. The molecule has 0 spiro atoms. The summed E-state index contributed by atoms with van der Waals surface area (Å²) in [6.45, 7) is 2.72. The first-order valence-corrected chi connectivity index (χ1v) is 11.0. The largest absolute Gasteiger partial charge is 0.355 e. The number of benzene rings is 1. The minimum atomic E-state index is -3.18. The van der Waals surface area contributed by atoms with Crippen molar-refractivity contribution in [2.45, 2.75) is 24.4 Å². The third-order valence-corrected chi connectivity index (χ3v) is 6.67. The van der Waals surface area contributed by atoms with Gasteiger partial charge in [0.2, 0.25) is 0 Å². The van der Waals surface area contributed by atoms with Crippen LogP contribution in [0.1, 0.15) is 24.1 Å². The Labute approximate surface area is 162 Å². The first-order valence-electron chi connectivity index (χ1n) is 7.95. The van der Waals surface area contributed by atoms with E-state index in [2.05, 4.69) is 17.0 Å². The Bertz CT molecular complexity index is 994. The lowest BCUT2D eigenvalue weighted by molar-refractivity contribution is 0.253. The zero-order chi connectivity index (χ0) is 18.9. The Balaban J connectivity index is 1.76. The summed E-state index contributed by atoms with van der Waals surface area (Å²) in [5.41, 5.74) is 2.02. The Morgan fingerprint density at radius 1 is 1.23 bits per heavy atom. The van der Waals surface area contributed by atoms with Crippen LogP contribution < -0.4 is 0 Å². The molecule has 1 aromatic carbocycles. The molecule has 0 aliphatic carbocycles. The van der Waals surface area contributed by atoms with Gasteiger partial charge in [0.25, 0.3) is 0 Å². The lowest BCUT2D eigenvalue weighted by Gasteiger charge is -2.24. The van der Waals surface area contributed by atoms with Crippen molar-refractivity contribution in [1.29, 1.82) is 0 Å². The van der Waals surface area contributed by atoms with E-state index < -0.39 is 9.84 Å². The van der Waals surface area contributed by atoms with Crippen LogP contribution in [0.5, 0.6) is 0 Å². The van der Waals surface area contributed by atoms with Crippen LogP contribution in [0.4, 0.5) is 0 Å². The molecule has 26 heavy (non-hydrogen) atoms. The number of aromatic nitrogens is 1. The van der Waals surface area contributed by atoms with Crippen molar-refractivity contribution >= 4 is 32.8 Å². The van der Waals surface area contributed by atoms with Crippen LogP contribution in [-0.4, -0.2) is 31.8 Å². The summed E-state index contributed by atoms with van der Waals surface area (Å²) in [5.74, 6) is 0.730. The smallest absolute Gasteiger partial charge is 0.181 e. The second-order valence-corrected chi connectivity index (χ2v) is 9.95. The summed E-state index contributed by atoms with van der Waals surface area (Å²) in [5, 5.41) is 3.93. The van der Waals surface area contributed by atoms with Gasteiger partial charge < -0.3 is 4.52 Å². The zero-order valence-electron chi connectivity index (χ0n) is 14.6. The highest BCUT2D eigenvalue weighted by molar-refractivity contribution is 7.90. The minimum Gasteiger partial charge on any atom is -0.355 e. The van der Waals surface area contributed by atoms with Gasteiger partial charge in [-0.25, -0.2) is 8.42 Å². The first kappa shape index (κ1) is 19.1. The molecule has 2 aromatic heterocycles. The predicted octanol–water partition coefficient (Wildman–Crippen LogP) is 4.65. The lowest BCUT2D eigenvalue weighted by Crippen LogP contribution is -2.22. The average Bonchev–Trinajstić information content (AvgIpc) is 3.22. The van der Waals surface area contributed by atoms with Gasteiger partial charge in [-0.2, -0.15) is 0 Å². The Morgan fingerprint density at radius 3 is 2.50 bits per heavy atom. The molecule has 0 aliphatic rings. The molecule has 0 N–H and O–H groups in total. The van der Waals surface area contributed by atoms with Crippen molar-refractivity contribution in [3.63, 3.8) is 0 Å². The van der Waals surface area contributed by atoms with Gasteiger partial charge in [-0.3, -0.25) is 4.90 Å². The summed E-state index contributed by atoms with van der Waals surface area (Å²) in [7, 11) is -1.18. The standard InChI is InChI=1S/C18H19ClN2O3S2/c1-12(13-4-6-15(7-5-13)26(3,22)23)21(2)11-14-10-20-24-18(14)16-8-9-17(19)25-16/h4-10,12H,11H2,1-3H3/t12-/m1/s1. The van der Waals surface area contributed by atoms with Gasteiger partial charge in [0, 0.05) is 24.4 Å². The second kappa shape index (κ2) is 7.52. The van der Waals surface area contributed by atoms with E-state index in [9.17, 15) is 8.42 Å². The number of sulfone groups is 1. The van der Waals surface area contributed by atoms with Crippen LogP contribution in [0.15, 0.2) is 52.0 Å². The number of nitrogens with zero attached hydrogens (tertiary/aromatic N) is 2. The van der Waals surface area contributed by atoms with Crippen LogP contribution in [0.25, 0.3) is 10.6 Å². The van der Waals surface area contributed by atoms with E-state index in [1.165, 1.54) is 17.6 Å². The number of thiophene rings is 1. The minimum absolute atomic E-state index is 0.0956. The molecule has 0 fully saturated rings. The van der Waals surface area contributed by atoms with Crippen molar-refractivity contribution in [3.05, 3.63) is 58.1 Å². The molecule has 2 heterocycles. The van der Waals surface area contributed by atoms with Crippen molar-refractivity contribution in [1.82, 2.24) is 10.1 Å². The van der Waals surface area contributed by atoms with Crippen molar-refractivity contribution in [2.75, 3.05) is 13.3 Å². The van der Waals surface area contributed by atoms with E-state index in [-0.39, 0.29) is 6.04 Å². The van der Waals surface area contributed by atoms with Gasteiger partial charge in [-0.1, -0.05) is 28.9 Å². The van der Waals surface area contributed by atoms with E-state index in [1.807, 2.05) is 31.3 Å². The third-order valence-electron chi connectivity index (χ3n) is 4.31. The quantitative estimate of drug-likeness (QED) is 0.591. The van der Waals surface area contributed by atoms with Crippen LogP contribution in [0.2, 0.25) is 4.34 Å². The van der Waals surface area contributed by atoms with Crippen LogP contribution in [-0.2, 0) is 16.4 Å². The SMILES string of the molecule is C[C@H](c1ccc(S(C)(=O)=O)cc1)N(C)Cc1cnoc1-c1ccc(Cl)s1. The molecule has 0 aliphatic heterocycles. The van der Waals surface area contributed by atoms with E-state index in [0.29, 0.717) is 15.8 Å². The van der Waals surface area contributed by atoms with E-state index in [0.717, 1.165) is 21.8 Å². The highest BCUT2D eigenvalue weighted by Gasteiger charge is 2.18. The van der Waals surface area contributed by atoms with Gasteiger partial charge in [0.05, 0.1) is 20.3 Å². The number of hydrogen-bond donors (Lipinski definition) is 0. The summed E-state index contributed by atoms with van der Waals surface area (Å²) in [6.07, 6.45) is 2.93. The van der Waals surface area contributed by atoms with Gasteiger partial charge in [0.15, 0.2) is 15.6 Å². The van der Waals surface area contributed by atoms with Crippen molar-refractivity contribution in [3.8, 4) is 10.6 Å². The number of hydrogen-bond acceptors (Lipinski definition) is 6. The van der Waals surface area contributed by atoms with Gasteiger partial charge in [-0.15, -0.1) is 11.3 Å². The lowest BCUT2D eigenvalue weighted by atomic mass is 10.1. The summed E-state index contributed by atoms with van der Waals surface area (Å²) < 4.78 is 29.3. The van der Waals surface area contributed by atoms with Crippen LogP contribution >= 0.6 is 22.9 Å². The number of halogens is 1. The predicted molar refractivity (Wildman–Crippen MR) is 104 cm³/mol. The van der Waals surface area contributed by atoms with Crippen molar-refractivity contribution in [2.24, 2.45) is 0 Å². The monoisotopic (exact) mass is 410 g/mol. The molecule has 0 radical (unpaired) electrons. The van der Waals surface area contributed by atoms with Crippen molar-refractivity contribution < 1.29 is 12.9 Å².